The first-order chi connectivity index (χ1) is 16.8. The molecular weight excluding hydrogens is 448 g/mol. The van der Waals surface area contributed by atoms with Crippen LogP contribution in [0.5, 0.6) is 0 Å². The van der Waals surface area contributed by atoms with Gasteiger partial charge in [-0.15, -0.1) is 0 Å². The molecular formula is C24H32N8O3. The molecule has 0 radical (unpaired) electrons. The first-order valence-corrected chi connectivity index (χ1v) is 12.2. The number of aliphatic hydroxyl groups is 1. The van der Waals surface area contributed by atoms with Crippen LogP contribution in [0.4, 0.5) is 10.5 Å². The lowest BCUT2D eigenvalue weighted by molar-refractivity contribution is -0.0282. The van der Waals surface area contributed by atoms with E-state index in [1.54, 1.807) is 36.1 Å². The van der Waals surface area contributed by atoms with Crippen LogP contribution in [0.25, 0.3) is 16.7 Å². The van der Waals surface area contributed by atoms with Gasteiger partial charge in [0.25, 0.3) is 5.56 Å². The molecule has 2 N–H and O–H groups in total. The van der Waals surface area contributed by atoms with Crippen LogP contribution in [0.1, 0.15) is 38.5 Å². The zero-order valence-corrected chi connectivity index (χ0v) is 20.2. The Balaban J connectivity index is 1.34. The van der Waals surface area contributed by atoms with Crippen LogP contribution in [0.3, 0.4) is 0 Å². The lowest BCUT2D eigenvalue weighted by Crippen LogP contribution is -2.51. The maximum Gasteiger partial charge on any atom is 0.319 e. The Morgan fingerprint density at radius 2 is 1.94 bits per heavy atom. The highest BCUT2D eigenvalue weighted by Gasteiger charge is 2.35. The van der Waals surface area contributed by atoms with Crippen molar-refractivity contribution in [2.75, 3.05) is 32.5 Å². The predicted molar refractivity (Wildman–Crippen MR) is 132 cm³/mol. The first kappa shape index (κ1) is 23.3. The molecule has 0 spiro atoms. The minimum absolute atomic E-state index is 0.0725. The number of hydrogen-bond acceptors (Lipinski definition) is 7. The number of piperidine rings is 1. The average molecular weight is 481 g/mol. The molecule has 11 nitrogen and oxygen atoms in total. The highest BCUT2D eigenvalue weighted by molar-refractivity contribution is 5.75. The molecule has 0 aromatic carbocycles. The highest BCUT2D eigenvalue weighted by atomic mass is 16.3. The van der Waals surface area contributed by atoms with Crippen molar-refractivity contribution in [2.45, 2.75) is 56.7 Å². The van der Waals surface area contributed by atoms with Gasteiger partial charge in [0.1, 0.15) is 11.7 Å². The summed E-state index contributed by atoms with van der Waals surface area (Å²) in [4.78, 5) is 37.5. The molecule has 3 aromatic rings. The molecule has 5 rings (SSSR count). The number of hydrogen-bond donors (Lipinski definition) is 2. The van der Waals surface area contributed by atoms with Crippen LogP contribution in [-0.4, -0.2) is 84.1 Å². The number of fused-ring (bicyclic) bond motifs is 1. The smallest absolute Gasteiger partial charge is 0.319 e. The lowest BCUT2D eigenvalue weighted by Gasteiger charge is -2.39. The van der Waals surface area contributed by atoms with E-state index in [9.17, 15) is 14.7 Å². The van der Waals surface area contributed by atoms with E-state index in [2.05, 4.69) is 20.4 Å². The Bertz CT molecular complexity index is 1270. The number of urea groups is 1. The largest absolute Gasteiger partial charge is 0.388 e. The fourth-order valence-electron chi connectivity index (χ4n) is 5.05. The van der Waals surface area contributed by atoms with E-state index in [1.165, 1.54) is 34.8 Å². The summed E-state index contributed by atoms with van der Waals surface area (Å²) in [6.45, 7) is 0.995. The monoisotopic (exact) mass is 480 g/mol. The molecule has 1 saturated heterocycles. The molecule has 1 aliphatic heterocycles. The first-order valence-electron chi connectivity index (χ1n) is 12.2. The van der Waals surface area contributed by atoms with Crippen LogP contribution in [0.2, 0.25) is 0 Å². The number of aromatic nitrogens is 5. The molecule has 35 heavy (non-hydrogen) atoms. The average Bonchev–Trinajstić information content (AvgIpc) is 3.51. The topological polar surface area (TPSA) is 121 Å². The summed E-state index contributed by atoms with van der Waals surface area (Å²) in [5.74, 6) is 0. The molecule has 11 heteroatoms. The fraction of sp³-hybridized carbons (Fsp3) is 0.542. The second-order valence-electron chi connectivity index (χ2n) is 9.92. The van der Waals surface area contributed by atoms with Crippen LogP contribution < -0.4 is 10.9 Å². The summed E-state index contributed by atoms with van der Waals surface area (Å²) in [6.07, 6.45) is 12.1. The van der Waals surface area contributed by atoms with E-state index in [0.717, 1.165) is 24.2 Å². The van der Waals surface area contributed by atoms with Crippen molar-refractivity contribution in [3.05, 3.63) is 41.3 Å². The number of nitrogens with zero attached hydrogens (tertiary/aromatic N) is 7. The van der Waals surface area contributed by atoms with Crippen molar-refractivity contribution in [1.82, 2.24) is 34.1 Å². The second-order valence-corrected chi connectivity index (χ2v) is 9.92. The van der Waals surface area contributed by atoms with Gasteiger partial charge in [0.05, 0.1) is 42.1 Å². The van der Waals surface area contributed by atoms with E-state index in [-0.39, 0.29) is 18.1 Å². The van der Waals surface area contributed by atoms with Crippen LogP contribution in [-0.2, 0) is 6.54 Å². The molecule has 3 aromatic heterocycles. The zero-order chi connectivity index (χ0) is 24.6. The van der Waals surface area contributed by atoms with Gasteiger partial charge in [-0.2, -0.15) is 5.10 Å². The molecule has 1 saturated carbocycles. The van der Waals surface area contributed by atoms with Crippen molar-refractivity contribution in [3.63, 3.8) is 0 Å². The molecule has 0 atom stereocenters. The highest BCUT2D eigenvalue weighted by Crippen LogP contribution is 2.25. The van der Waals surface area contributed by atoms with Gasteiger partial charge in [-0.05, 0) is 31.7 Å². The van der Waals surface area contributed by atoms with E-state index < -0.39 is 5.60 Å². The van der Waals surface area contributed by atoms with E-state index in [4.69, 9.17) is 0 Å². The number of carbonyl (C=O) groups excluding carboxylic acids is 1. The third-order valence-corrected chi connectivity index (χ3v) is 7.06. The third kappa shape index (κ3) is 4.72. The van der Waals surface area contributed by atoms with E-state index >= 15 is 0 Å². The number of rotatable bonds is 5. The Labute approximate surface area is 203 Å². The summed E-state index contributed by atoms with van der Waals surface area (Å²) >= 11 is 0. The maximum absolute atomic E-state index is 13.2. The van der Waals surface area contributed by atoms with Gasteiger partial charge in [0.15, 0.2) is 5.65 Å². The number of anilines is 1. The van der Waals surface area contributed by atoms with E-state index in [0.29, 0.717) is 43.0 Å². The number of pyridine rings is 1. The summed E-state index contributed by atoms with van der Waals surface area (Å²) in [5.41, 5.74) is 0.763. The van der Waals surface area contributed by atoms with Gasteiger partial charge in [0, 0.05) is 33.2 Å². The normalized spacial score (nSPS) is 18.2. The summed E-state index contributed by atoms with van der Waals surface area (Å²) in [5, 5.41) is 19.4. The van der Waals surface area contributed by atoms with Crippen LogP contribution in [0, 0.1) is 0 Å². The maximum atomic E-state index is 13.2. The van der Waals surface area contributed by atoms with Crippen molar-refractivity contribution in [2.24, 2.45) is 0 Å². The van der Waals surface area contributed by atoms with Gasteiger partial charge in [-0.1, -0.05) is 12.8 Å². The summed E-state index contributed by atoms with van der Waals surface area (Å²) in [7, 11) is 3.42. The molecule has 186 valence electrons. The van der Waals surface area contributed by atoms with Gasteiger partial charge in [0.2, 0.25) is 0 Å². The minimum Gasteiger partial charge on any atom is -0.388 e. The zero-order valence-electron chi connectivity index (χ0n) is 20.2. The lowest BCUT2D eigenvalue weighted by atomic mass is 9.91. The summed E-state index contributed by atoms with van der Waals surface area (Å²) in [6, 6.07) is 2.36. The molecule has 2 aliphatic rings. The Kier molecular flexibility index (Phi) is 6.18. The molecule has 4 heterocycles. The van der Waals surface area contributed by atoms with E-state index in [1.807, 2.05) is 6.07 Å². The van der Waals surface area contributed by atoms with Crippen LogP contribution >= 0.6 is 0 Å². The number of likely N-dealkylation sites (tertiary alicyclic amines) is 1. The van der Waals surface area contributed by atoms with Gasteiger partial charge >= 0.3 is 6.03 Å². The fourth-order valence-corrected chi connectivity index (χ4v) is 5.05. The SMILES string of the molecule is CN(C)C(=O)N1CCC(O)(Cn2cnc3c(cnn3-c3cncc(NC4CCCC4)c3)c2=O)CC1. The van der Waals surface area contributed by atoms with Gasteiger partial charge in [-0.25, -0.2) is 14.5 Å². The molecule has 0 unspecified atom stereocenters. The summed E-state index contributed by atoms with van der Waals surface area (Å²) < 4.78 is 3.06. The molecule has 1 aliphatic carbocycles. The Morgan fingerprint density at radius 1 is 1.20 bits per heavy atom. The van der Waals surface area contributed by atoms with Crippen molar-refractivity contribution >= 4 is 22.8 Å². The predicted octanol–water partition coefficient (Wildman–Crippen LogP) is 1.84. The molecule has 2 amide bonds. The van der Waals surface area contributed by atoms with Crippen molar-refractivity contribution in [1.29, 1.82) is 0 Å². The molecule has 2 fully saturated rings. The van der Waals surface area contributed by atoms with Crippen LogP contribution in [0.15, 0.2) is 35.8 Å². The minimum atomic E-state index is -1.08. The van der Waals surface area contributed by atoms with Crippen molar-refractivity contribution in [3.8, 4) is 5.69 Å². The van der Waals surface area contributed by atoms with Gasteiger partial charge in [-0.3, -0.25) is 14.3 Å². The number of nitrogens with one attached hydrogen (secondary N) is 1. The second kappa shape index (κ2) is 9.29. The van der Waals surface area contributed by atoms with Crippen molar-refractivity contribution < 1.29 is 9.90 Å². The van der Waals surface area contributed by atoms with Gasteiger partial charge < -0.3 is 20.2 Å². The number of amides is 2. The Hall–Kier alpha value is -3.47. The Morgan fingerprint density at radius 3 is 2.66 bits per heavy atom. The quantitative estimate of drug-likeness (QED) is 0.571. The number of carbonyl (C=O) groups is 1. The standard InChI is InChI=1S/C24H32N8O3/c1-29(2)23(34)30-9-7-24(35,8-10-30)15-31-16-26-21-20(22(31)33)14-27-32(21)19-11-18(12-25-13-19)28-17-5-3-4-6-17/h11-14,16-17,28,35H,3-10,15H2,1-2H3. The third-order valence-electron chi connectivity index (χ3n) is 7.06. The molecule has 0 bridgehead atoms.